The number of hydrogen-bond donors (Lipinski definition) is 1. The zero-order valence-electron chi connectivity index (χ0n) is 15.9. The third kappa shape index (κ3) is 3.60. The van der Waals surface area contributed by atoms with Gasteiger partial charge in [-0.15, -0.1) is 12.6 Å². The van der Waals surface area contributed by atoms with Crippen molar-refractivity contribution in [2.45, 2.75) is 24.0 Å². The minimum Gasteiger partial charge on any atom is -0.325 e. The molecule has 1 atom stereocenters. The SMILES string of the molecule is [C-]#[N+]C1=C(C)N(c2cccc(C(F)(F)F)c2)C(=O)N(C)[C@@H]1c1ccc(C#N)cc1S. The van der Waals surface area contributed by atoms with Crippen LogP contribution in [-0.4, -0.2) is 18.0 Å². The maximum Gasteiger partial charge on any atom is 0.416 e. The van der Waals surface area contributed by atoms with Crippen LogP contribution < -0.4 is 4.90 Å². The van der Waals surface area contributed by atoms with Crippen molar-refractivity contribution in [3.8, 4) is 6.07 Å². The van der Waals surface area contributed by atoms with E-state index < -0.39 is 23.8 Å². The van der Waals surface area contributed by atoms with E-state index in [9.17, 15) is 18.0 Å². The lowest BCUT2D eigenvalue weighted by atomic mass is 9.97. The molecule has 9 heteroatoms. The van der Waals surface area contributed by atoms with E-state index >= 15 is 0 Å². The lowest BCUT2D eigenvalue weighted by molar-refractivity contribution is -0.137. The number of allylic oxidation sites excluding steroid dienone is 1. The molecule has 0 radical (unpaired) electrons. The second-order valence-corrected chi connectivity index (χ2v) is 7.13. The Bertz CT molecular complexity index is 1140. The van der Waals surface area contributed by atoms with E-state index in [0.29, 0.717) is 16.0 Å². The molecule has 1 heterocycles. The number of anilines is 1. The van der Waals surface area contributed by atoms with E-state index in [0.717, 1.165) is 17.0 Å². The zero-order chi connectivity index (χ0) is 22.2. The number of rotatable bonds is 2. The summed E-state index contributed by atoms with van der Waals surface area (Å²) in [4.78, 5) is 19.5. The number of urea groups is 1. The van der Waals surface area contributed by atoms with E-state index in [-0.39, 0.29) is 17.1 Å². The number of alkyl halides is 3. The Labute approximate surface area is 176 Å². The fourth-order valence-electron chi connectivity index (χ4n) is 3.38. The number of nitriles is 1. The number of amides is 2. The van der Waals surface area contributed by atoms with Crippen LogP contribution in [0.25, 0.3) is 4.85 Å². The Morgan fingerprint density at radius 3 is 2.50 bits per heavy atom. The Morgan fingerprint density at radius 1 is 1.23 bits per heavy atom. The van der Waals surface area contributed by atoms with Gasteiger partial charge >= 0.3 is 12.2 Å². The lowest BCUT2D eigenvalue weighted by Gasteiger charge is -2.40. The smallest absolute Gasteiger partial charge is 0.325 e. The van der Waals surface area contributed by atoms with Crippen LogP contribution in [0.1, 0.15) is 29.7 Å². The number of halogens is 3. The average Bonchev–Trinajstić information content (AvgIpc) is 2.70. The Morgan fingerprint density at radius 2 is 1.93 bits per heavy atom. The highest BCUT2D eigenvalue weighted by Crippen LogP contribution is 2.41. The maximum absolute atomic E-state index is 13.1. The second kappa shape index (κ2) is 7.77. The van der Waals surface area contributed by atoms with Gasteiger partial charge in [-0.3, -0.25) is 4.90 Å². The van der Waals surface area contributed by atoms with Crippen LogP contribution in [0, 0.1) is 17.9 Å². The number of carbonyl (C=O) groups excluding carboxylic acids is 1. The summed E-state index contributed by atoms with van der Waals surface area (Å²) in [6, 6.07) is 9.75. The van der Waals surface area contributed by atoms with Crippen LogP contribution >= 0.6 is 12.6 Å². The summed E-state index contributed by atoms with van der Waals surface area (Å²) in [5.74, 6) is 0. The van der Waals surface area contributed by atoms with Gasteiger partial charge in [0.25, 0.3) is 0 Å². The molecular formula is C21H15F3N4OS. The van der Waals surface area contributed by atoms with Gasteiger partial charge in [-0.2, -0.15) is 18.4 Å². The molecule has 5 nitrogen and oxygen atoms in total. The summed E-state index contributed by atoms with van der Waals surface area (Å²) < 4.78 is 39.4. The molecule has 1 aliphatic rings. The molecule has 0 aromatic heterocycles. The standard InChI is InChI=1S/C21H15F3N4OS/c1-12-18(26-2)19(16-8-7-13(11-25)9-17(16)30)27(3)20(29)28(12)15-6-4-5-14(10-15)21(22,23)24/h4-10,19,30H,1,3H3/t19-/m1/s1. The molecule has 152 valence electrons. The lowest BCUT2D eigenvalue weighted by Crippen LogP contribution is -2.47. The molecule has 0 N–H and O–H groups in total. The molecule has 0 aliphatic carbocycles. The van der Waals surface area contributed by atoms with Crippen LogP contribution in [0.4, 0.5) is 23.7 Å². The molecule has 0 bridgehead atoms. The highest BCUT2D eigenvalue weighted by atomic mass is 32.1. The molecule has 0 saturated heterocycles. The van der Waals surface area contributed by atoms with Gasteiger partial charge in [-0.1, -0.05) is 12.1 Å². The number of nitrogens with zero attached hydrogens (tertiary/aromatic N) is 4. The molecular weight excluding hydrogens is 413 g/mol. The summed E-state index contributed by atoms with van der Waals surface area (Å²) in [7, 11) is 1.47. The third-order valence-corrected chi connectivity index (χ3v) is 5.24. The molecule has 2 aromatic rings. The minimum absolute atomic E-state index is 0.0182. The predicted octanol–water partition coefficient (Wildman–Crippen LogP) is 5.63. The summed E-state index contributed by atoms with van der Waals surface area (Å²) in [5.41, 5.74) is 0.458. The molecule has 3 rings (SSSR count). The number of hydrogen-bond acceptors (Lipinski definition) is 3. The summed E-state index contributed by atoms with van der Waals surface area (Å²) in [6.45, 7) is 9.17. The van der Waals surface area contributed by atoms with E-state index in [4.69, 9.17) is 11.8 Å². The van der Waals surface area contributed by atoms with Gasteiger partial charge in [-0.25, -0.2) is 9.64 Å². The second-order valence-electron chi connectivity index (χ2n) is 6.65. The number of thiol groups is 1. The highest BCUT2D eigenvalue weighted by Gasteiger charge is 2.40. The van der Waals surface area contributed by atoms with Gasteiger partial charge in [0.05, 0.1) is 29.8 Å². The summed E-state index contributed by atoms with van der Waals surface area (Å²) in [6.07, 6.45) is -4.56. The third-order valence-electron chi connectivity index (χ3n) is 4.85. The molecule has 30 heavy (non-hydrogen) atoms. The predicted molar refractivity (Wildman–Crippen MR) is 108 cm³/mol. The zero-order valence-corrected chi connectivity index (χ0v) is 16.8. The Balaban J connectivity index is 2.16. The first kappa shape index (κ1) is 21.3. The number of benzene rings is 2. The van der Waals surface area contributed by atoms with Crippen molar-refractivity contribution in [2.75, 3.05) is 11.9 Å². The van der Waals surface area contributed by atoms with Gasteiger partial charge in [0, 0.05) is 23.3 Å². The van der Waals surface area contributed by atoms with E-state index in [1.807, 2.05) is 6.07 Å². The van der Waals surface area contributed by atoms with Crippen molar-refractivity contribution < 1.29 is 18.0 Å². The van der Waals surface area contributed by atoms with Gasteiger partial charge in [-0.05, 0) is 42.8 Å². The van der Waals surface area contributed by atoms with Crippen molar-refractivity contribution >= 4 is 24.3 Å². The van der Waals surface area contributed by atoms with Crippen molar-refractivity contribution in [2.24, 2.45) is 0 Å². The van der Waals surface area contributed by atoms with Gasteiger partial charge in [0.15, 0.2) is 0 Å². The molecule has 2 amide bonds. The number of likely N-dealkylation sites (N-methyl/N-ethyl adjacent to an activating group) is 1. The van der Waals surface area contributed by atoms with Crippen LogP contribution in [0.3, 0.4) is 0 Å². The number of carbonyl (C=O) groups is 1. The molecule has 0 fully saturated rings. The minimum atomic E-state index is -4.56. The monoisotopic (exact) mass is 428 g/mol. The first-order chi connectivity index (χ1) is 14.1. The summed E-state index contributed by atoms with van der Waals surface area (Å²) in [5, 5.41) is 9.04. The summed E-state index contributed by atoms with van der Waals surface area (Å²) >= 11 is 4.40. The molecule has 0 spiro atoms. The van der Waals surface area contributed by atoms with E-state index in [1.165, 1.54) is 37.1 Å². The van der Waals surface area contributed by atoms with Crippen LogP contribution in [-0.2, 0) is 6.18 Å². The van der Waals surface area contributed by atoms with Crippen molar-refractivity contribution in [1.82, 2.24) is 4.90 Å². The van der Waals surface area contributed by atoms with Crippen molar-refractivity contribution in [3.05, 3.63) is 82.0 Å². The van der Waals surface area contributed by atoms with E-state index in [2.05, 4.69) is 17.5 Å². The van der Waals surface area contributed by atoms with Gasteiger partial charge in [0.1, 0.15) is 0 Å². The fraction of sp³-hybridized carbons (Fsp3) is 0.190. The molecule has 0 unspecified atom stereocenters. The average molecular weight is 428 g/mol. The molecule has 2 aromatic carbocycles. The first-order valence-electron chi connectivity index (χ1n) is 8.65. The van der Waals surface area contributed by atoms with Gasteiger partial charge in [0.2, 0.25) is 5.70 Å². The Kier molecular flexibility index (Phi) is 5.51. The molecule has 1 aliphatic heterocycles. The van der Waals surface area contributed by atoms with Crippen LogP contribution in [0.5, 0.6) is 0 Å². The van der Waals surface area contributed by atoms with Crippen LogP contribution in [0.15, 0.2) is 58.8 Å². The fourth-order valence-corrected chi connectivity index (χ4v) is 3.71. The normalized spacial score (nSPS) is 17.1. The largest absolute Gasteiger partial charge is 0.416 e. The van der Waals surface area contributed by atoms with Gasteiger partial charge < -0.3 is 4.90 Å². The van der Waals surface area contributed by atoms with Crippen molar-refractivity contribution in [1.29, 1.82) is 5.26 Å². The van der Waals surface area contributed by atoms with E-state index in [1.54, 1.807) is 12.1 Å². The van der Waals surface area contributed by atoms with Crippen molar-refractivity contribution in [3.63, 3.8) is 0 Å². The first-order valence-corrected chi connectivity index (χ1v) is 9.10. The Hall–Kier alpha value is -3.43. The topological polar surface area (TPSA) is 51.7 Å². The quantitative estimate of drug-likeness (QED) is 0.498. The highest BCUT2D eigenvalue weighted by molar-refractivity contribution is 7.80. The maximum atomic E-state index is 13.1. The molecule has 0 saturated carbocycles. The van der Waals surface area contributed by atoms with Crippen LogP contribution in [0.2, 0.25) is 0 Å².